The Morgan fingerprint density at radius 3 is 2.66 bits per heavy atom. The minimum absolute atomic E-state index is 0.0533. The van der Waals surface area contributed by atoms with E-state index in [-0.39, 0.29) is 11.9 Å². The maximum absolute atomic E-state index is 13.7. The van der Waals surface area contributed by atoms with E-state index in [2.05, 4.69) is 41.3 Å². The van der Waals surface area contributed by atoms with Crippen LogP contribution in [0.4, 0.5) is 9.52 Å². The third-order valence-corrected chi connectivity index (χ3v) is 5.96. The Morgan fingerprint density at radius 1 is 1.31 bits per heavy atom. The van der Waals surface area contributed by atoms with Crippen LogP contribution < -0.4 is 10.2 Å². The second-order valence-corrected chi connectivity index (χ2v) is 8.01. The lowest BCUT2D eigenvalue weighted by atomic mass is 10.1. The summed E-state index contributed by atoms with van der Waals surface area (Å²) < 4.78 is 18.1. The van der Waals surface area contributed by atoms with Crippen molar-refractivity contribution < 1.29 is 4.39 Å². The van der Waals surface area contributed by atoms with Crippen molar-refractivity contribution in [3.05, 3.63) is 41.5 Å². The summed E-state index contributed by atoms with van der Waals surface area (Å²) in [6.45, 7) is 6.24. The smallest absolute Gasteiger partial charge is 0.205 e. The number of benzene rings is 1. The highest BCUT2D eigenvalue weighted by molar-refractivity contribution is 7.09. The van der Waals surface area contributed by atoms with Crippen LogP contribution in [-0.2, 0) is 6.42 Å². The molecule has 0 saturated carbocycles. The van der Waals surface area contributed by atoms with Crippen LogP contribution in [0.25, 0.3) is 0 Å². The topological polar surface area (TPSA) is 59.9 Å². The quantitative estimate of drug-likeness (QED) is 0.572. The van der Waals surface area contributed by atoms with Crippen molar-refractivity contribution in [1.29, 1.82) is 0 Å². The number of nitrogens with zero attached hydrogens (tertiary/aromatic N) is 6. The van der Waals surface area contributed by atoms with Crippen LogP contribution in [0, 0.1) is 5.82 Å². The van der Waals surface area contributed by atoms with Crippen molar-refractivity contribution in [3.63, 3.8) is 0 Å². The van der Waals surface area contributed by atoms with Crippen molar-refractivity contribution in [1.82, 2.24) is 24.5 Å². The molecular formula is C20H30FN7S. The first-order chi connectivity index (χ1) is 14.0. The normalized spacial score (nSPS) is 16.4. The van der Waals surface area contributed by atoms with Crippen LogP contribution in [-0.4, -0.2) is 79.0 Å². The van der Waals surface area contributed by atoms with Gasteiger partial charge in [-0.2, -0.15) is 4.37 Å². The molecule has 1 aromatic heterocycles. The van der Waals surface area contributed by atoms with Gasteiger partial charge in [0.25, 0.3) is 0 Å². The minimum atomic E-state index is -0.210. The number of hydrogen-bond acceptors (Lipinski definition) is 6. The van der Waals surface area contributed by atoms with E-state index in [1.54, 1.807) is 19.2 Å². The lowest BCUT2D eigenvalue weighted by Crippen LogP contribution is -2.53. The average Bonchev–Trinajstić information content (AvgIpc) is 3.20. The number of likely N-dealkylation sites (N-methyl/N-ethyl adjacent to an activating group) is 1. The van der Waals surface area contributed by atoms with Gasteiger partial charge in [-0.25, -0.2) is 9.37 Å². The second-order valence-electron chi connectivity index (χ2n) is 7.28. The molecular weight excluding hydrogens is 389 g/mol. The molecule has 0 bridgehead atoms. The molecule has 0 spiro atoms. The SMILES string of the molecule is CCc1nsc(N2CCN(C(=NC)NCC(c3cccc(F)c3)N(C)C)CC2)n1. The zero-order chi connectivity index (χ0) is 20.8. The Bertz CT molecular complexity index is 815. The minimum Gasteiger partial charge on any atom is -0.354 e. The van der Waals surface area contributed by atoms with Gasteiger partial charge in [-0.1, -0.05) is 19.1 Å². The van der Waals surface area contributed by atoms with E-state index in [1.165, 1.54) is 17.6 Å². The molecule has 1 atom stereocenters. The molecule has 0 radical (unpaired) electrons. The number of guanidine groups is 1. The number of anilines is 1. The Kier molecular flexibility index (Phi) is 7.38. The number of aliphatic imine (C=N–C) groups is 1. The first-order valence-corrected chi connectivity index (χ1v) is 10.7. The van der Waals surface area contributed by atoms with Gasteiger partial charge in [-0.3, -0.25) is 4.99 Å². The van der Waals surface area contributed by atoms with Gasteiger partial charge in [0.15, 0.2) is 5.96 Å². The van der Waals surface area contributed by atoms with E-state index in [0.717, 1.165) is 55.1 Å². The molecule has 1 aliphatic rings. The molecule has 9 heteroatoms. The Morgan fingerprint density at radius 2 is 2.07 bits per heavy atom. The highest BCUT2D eigenvalue weighted by atomic mass is 32.1. The lowest BCUT2D eigenvalue weighted by molar-refractivity contribution is 0.291. The first-order valence-electron chi connectivity index (χ1n) is 9.96. The van der Waals surface area contributed by atoms with E-state index in [1.807, 2.05) is 20.2 Å². The van der Waals surface area contributed by atoms with Gasteiger partial charge in [0.2, 0.25) is 5.13 Å². The van der Waals surface area contributed by atoms with E-state index in [9.17, 15) is 4.39 Å². The van der Waals surface area contributed by atoms with Gasteiger partial charge >= 0.3 is 0 Å². The summed E-state index contributed by atoms with van der Waals surface area (Å²) in [4.78, 5) is 15.7. The Hall–Kier alpha value is -2.26. The van der Waals surface area contributed by atoms with Crippen LogP contribution in [0.3, 0.4) is 0 Å². The fourth-order valence-electron chi connectivity index (χ4n) is 3.46. The predicted molar refractivity (Wildman–Crippen MR) is 117 cm³/mol. The zero-order valence-electron chi connectivity index (χ0n) is 17.6. The number of aromatic nitrogens is 2. The summed E-state index contributed by atoms with van der Waals surface area (Å²) in [6, 6.07) is 6.85. The monoisotopic (exact) mass is 419 g/mol. The van der Waals surface area contributed by atoms with Gasteiger partial charge in [-0.15, -0.1) is 0 Å². The van der Waals surface area contributed by atoms with E-state index >= 15 is 0 Å². The third-order valence-electron chi connectivity index (χ3n) is 5.15. The highest BCUT2D eigenvalue weighted by Gasteiger charge is 2.23. The Balaban J connectivity index is 1.57. The molecule has 0 amide bonds. The average molecular weight is 420 g/mol. The largest absolute Gasteiger partial charge is 0.354 e. The fraction of sp³-hybridized carbons (Fsp3) is 0.550. The number of hydrogen-bond donors (Lipinski definition) is 1. The summed E-state index contributed by atoms with van der Waals surface area (Å²) in [7, 11) is 5.82. The molecule has 1 fully saturated rings. The van der Waals surface area contributed by atoms with Crippen LogP contribution in [0.5, 0.6) is 0 Å². The highest BCUT2D eigenvalue weighted by Crippen LogP contribution is 2.20. The molecule has 29 heavy (non-hydrogen) atoms. The molecule has 1 saturated heterocycles. The van der Waals surface area contributed by atoms with Gasteiger partial charge in [0.1, 0.15) is 11.6 Å². The summed E-state index contributed by atoms with van der Waals surface area (Å²) in [5.74, 6) is 1.58. The number of piperazine rings is 1. The molecule has 1 unspecified atom stereocenters. The molecule has 1 N–H and O–H groups in total. The Labute approximate surface area is 176 Å². The first kappa shape index (κ1) is 21.4. The van der Waals surface area contributed by atoms with Crippen molar-refractivity contribution >= 4 is 22.6 Å². The van der Waals surface area contributed by atoms with E-state index in [0.29, 0.717) is 6.54 Å². The maximum Gasteiger partial charge on any atom is 0.205 e. The molecule has 0 aliphatic carbocycles. The summed E-state index contributed by atoms with van der Waals surface area (Å²) in [5.41, 5.74) is 0.950. The van der Waals surface area contributed by atoms with Gasteiger partial charge < -0.3 is 20.0 Å². The predicted octanol–water partition coefficient (Wildman–Crippen LogP) is 2.24. The molecule has 7 nitrogen and oxygen atoms in total. The third kappa shape index (κ3) is 5.42. The van der Waals surface area contributed by atoms with E-state index < -0.39 is 0 Å². The van der Waals surface area contributed by atoms with E-state index in [4.69, 9.17) is 0 Å². The van der Waals surface area contributed by atoms with Crippen LogP contribution in [0.1, 0.15) is 24.4 Å². The number of halogens is 1. The second kappa shape index (κ2) is 9.98. The summed E-state index contributed by atoms with van der Waals surface area (Å²) in [6.07, 6.45) is 0.866. The molecule has 3 rings (SSSR count). The van der Waals surface area contributed by atoms with Crippen molar-refractivity contribution in [2.75, 3.05) is 58.8 Å². The van der Waals surface area contributed by atoms with Crippen molar-refractivity contribution in [3.8, 4) is 0 Å². The molecule has 158 valence electrons. The van der Waals surface area contributed by atoms with Crippen molar-refractivity contribution in [2.45, 2.75) is 19.4 Å². The fourth-order valence-corrected chi connectivity index (χ4v) is 4.26. The molecule has 2 aromatic rings. The number of nitrogens with one attached hydrogen (secondary N) is 1. The van der Waals surface area contributed by atoms with Crippen molar-refractivity contribution in [2.24, 2.45) is 4.99 Å². The lowest BCUT2D eigenvalue weighted by Gasteiger charge is -2.37. The van der Waals surface area contributed by atoms with Gasteiger partial charge in [0, 0.05) is 57.7 Å². The molecule has 2 heterocycles. The van der Waals surface area contributed by atoms with Crippen LogP contribution in [0.2, 0.25) is 0 Å². The number of rotatable bonds is 6. The van der Waals surface area contributed by atoms with Crippen LogP contribution in [0.15, 0.2) is 29.3 Å². The molecule has 1 aromatic carbocycles. The maximum atomic E-state index is 13.7. The molecule has 1 aliphatic heterocycles. The standard InChI is InChI=1S/C20H30FN7S/c1-5-18-24-20(29-25-18)28-11-9-27(10-12-28)19(22-2)23-14-17(26(3)4)15-7-6-8-16(21)13-15/h6-8,13,17H,5,9-12,14H2,1-4H3,(H,22,23). The number of aryl methyl sites for hydroxylation is 1. The summed E-state index contributed by atoms with van der Waals surface area (Å²) in [5, 5.41) is 4.48. The van der Waals surface area contributed by atoms with Crippen LogP contribution >= 0.6 is 11.5 Å². The summed E-state index contributed by atoms with van der Waals surface area (Å²) >= 11 is 1.48. The zero-order valence-corrected chi connectivity index (χ0v) is 18.4. The van der Waals surface area contributed by atoms with Gasteiger partial charge in [-0.05, 0) is 31.8 Å². The van der Waals surface area contributed by atoms with Gasteiger partial charge in [0.05, 0.1) is 6.04 Å².